The lowest BCUT2D eigenvalue weighted by molar-refractivity contribution is 0.709. The smallest absolute Gasteiger partial charge is 0.183 e. The molecular weight excluding hydrogens is 264 g/mol. The molecule has 0 saturated carbocycles. The monoisotopic (exact) mass is 272 g/mol. The number of halogens is 1. The molecule has 6 heteroatoms. The van der Waals surface area contributed by atoms with Crippen molar-refractivity contribution in [2.75, 3.05) is 0 Å². The molecule has 0 aliphatic rings. The Morgan fingerprint density at radius 3 is 3.00 bits per heavy atom. The van der Waals surface area contributed by atoms with Crippen LogP contribution in [0.3, 0.4) is 0 Å². The Hall–Kier alpha value is -0.750. The second-order valence-corrected chi connectivity index (χ2v) is 5.09. The number of aromatic nitrogens is 4. The second-order valence-electron chi connectivity index (χ2n) is 2.76. The van der Waals surface area contributed by atoms with E-state index >= 15 is 0 Å². The highest BCUT2D eigenvalue weighted by Crippen LogP contribution is 2.18. The minimum absolute atomic E-state index is 0.754. The number of nitrogens with zero attached hydrogens (tertiary/aromatic N) is 4. The number of aryl methyl sites for hydroxylation is 1. The lowest BCUT2D eigenvalue weighted by atomic mass is 10.4. The summed E-state index contributed by atoms with van der Waals surface area (Å²) in [5.41, 5.74) is 0. The van der Waals surface area contributed by atoms with Gasteiger partial charge in [-0.3, -0.25) is 0 Å². The molecule has 0 saturated heterocycles. The van der Waals surface area contributed by atoms with Gasteiger partial charge in [0, 0.05) is 18.9 Å². The zero-order valence-corrected chi connectivity index (χ0v) is 10.0. The third-order valence-corrected chi connectivity index (χ3v) is 3.25. The predicted molar refractivity (Wildman–Crippen MR) is 58.3 cm³/mol. The second kappa shape index (κ2) is 4.18. The number of rotatable bonds is 3. The van der Waals surface area contributed by atoms with Crippen LogP contribution in [0, 0.1) is 0 Å². The summed E-state index contributed by atoms with van der Waals surface area (Å²) in [5.74, 6) is 1.04. The van der Waals surface area contributed by atoms with Crippen molar-refractivity contribution in [3.63, 3.8) is 0 Å². The van der Waals surface area contributed by atoms with Crippen LogP contribution in [0.5, 0.6) is 0 Å². The Kier molecular flexibility index (Phi) is 2.93. The molecule has 0 aliphatic carbocycles. The van der Waals surface area contributed by atoms with Crippen LogP contribution in [-0.4, -0.2) is 19.7 Å². The van der Waals surface area contributed by atoms with Gasteiger partial charge >= 0.3 is 0 Å². The van der Waals surface area contributed by atoms with Gasteiger partial charge in [-0.2, -0.15) is 0 Å². The third kappa shape index (κ3) is 2.01. The average Bonchev–Trinajstić information content (AvgIpc) is 2.76. The van der Waals surface area contributed by atoms with Crippen molar-refractivity contribution in [1.82, 2.24) is 19.7 Å². The topological polar surface area (TPSA) is 43.6 Å². The first-order valence-corrected chi connectivity index (χ1v) is 5.88. The molecule has 0 aromatic carbocycles. The summed E-state index contributed by atoms with van der Waals surface area (Å²) in [7, 11) is 0. The molecule has 2 rings (SSSR count). The molecule has 0 radical (unpaired) electrons. The minimum Gasteiger partial charge on any atom is -0.335 e. The van der Waals surface area contributed by atoms with Crippen LogP contribution >= 0.6 is 27.3 Å². The summed E-state index contributed by atoms with van der Waals surface area (Å²) in [5, 5.41) is 8.92. The van der Waals surface area contributed by atoms with E-state index in [1.54, 1.807) is 11.3 Å². The summed E-state index contributed by atoms with van der Waals surface area (Å²) < 4.78 is 2.93. The van der Waals surface area contributed by atoms with Crippen LogP contribution < -0.4 is 0 Å². The summed E-state index contributed by atoms with van der Waals surface area (Å²) in [4.78, 5) is 4.28. The molecule has 0 unspecified atom stereocenters. The van der Waals surface area contributed by atoms with Crippen LogP contribution in [0.2, 0.25) is 0 Å². The van der Waals surface area contributed by atoms with Crippen LogP contribution in [0.4, 0.5) is 0 Å². The Balaban J connectivity index is 2.18. The van der Waals surface area contributed by atoms with Crippen LogP contribution in [0.25, 0.3) is 0 Å². The first-order valence-electron chi connectivity index (χ1n) is 4.27. The largest absolute Gasteiger partial charge is 0.335 e. The first-order chi connectivity index (χ1) is 6.79. The molecule has 0 amide bonds. The fraction of sp³-hybridized carbons (Fsp3) is 0.375. The Morgan fingerprint density at radius 1 is 1.50 bits per heavy atom. The van der Waals surface area contributed by atoms with E-state index in [4.69, 9.17) is 0 Å². The third-order valence-electron chi connectivity index (χ3n) is 1.89. The van der Waals surface area contributed by atoms with Gasteiger partial charge in [0.15, 0.2) is 3.92 Å². The summed E-state index contributed by atoms with van der Waals surface area (Å²) >= 11 is 4.84. The number of hydrogen-bond donors (Lipinski definition) is 0. The van der Waals surface area contributed by atoms with Crippen molar-refractivity contribution in [2.45, 2.75) is 19.9 Å². The van der Waals surface area contributed by atoms with E-state index < -0.39 is 0 Å². The average molecular weight is 273 g/mol. The van der Waals surface area contributed by atoms with Crippen LogP contribution in [0.1, 0.15) is 17.8 Å². The van der Waals surface area contributed by atoms with Gasteiger partial charge in [-0.05, 0) is 22.9 Å². The maximum atomic E-state index is 4.28. The molecule has 74 valence electrons. The van der Waals surface area contributed by atoms with Crippen molar-refractivity contribution in [3.05, 3.63) is 27.1 Å². The van der Waals surface area contributed by atoms with Crippen molar-refractivity contribution in [3.8, 4) is 0 Å². The molecule has 2 heterocycles. The quantitative estimate of drug-likeness (QED) is 0.860. The van der Waals surface area contributed by atoms with Gasteiger partial charge in [0.05, 0.1) is 6.42 Å². The van der Waals surface area contributed by atoms with E-state index in [-0.39, 0.29) is 0 Å². The normalized spacial score (nSPS) is 10.7. The number of imidazole rings is 1. The molecule has 0 fully saturated rings. The van der Waals surface area contributed by atoms with E-state index in [1.807, 2.05) is 12.4 Å². The summed E-state index contributed by atoms with van der Waals surface area (Å²) in [6.07, 6.45) is 4.55. The van der Waals surface area contributed by atoms with Gasteiger partial charge in [-0.1, -0.05) is 11.3 Å². The predicted octanol–water partition coefficient (Wildman–Crippen LogP) is 2.11. The lowest BCUT2D eigenvalue weighted by Crippen LogP contribution is -2.01. The standard InChI is InChI=1S/C8H9BrN4S/c1-2-13-4-3-10-6(13)5-7-11-12-8(9)14-7/h3-4H,2,5H2,1H3. The van der Waals surface area contributed by atoms with Crippen molar-refractivity contribution < 1.29 is 0 Å². The molecule has 2 aromatic rings. The molecule has 0 N–H and O–H groups in total. The van der Waals surface area contributed by atoms with Gasteiger partial charge < -0.3 is 4.57 Å². The highest BCUT2D eigenvalue weighted by molar-refractivity contribution is 9.11. The van der Waals surface area contributed by atoms with Gasteiger partial charge in [0.2, 0.25) is 0 Å². The Bertz CT molecular complexity index is 422. The minimum atomic E-state index is 0.754. The lowest BCUT2D eigenvalue weighted by Gasteiger charge is -2.00. The van der Waals surface area contributed by atoms with Gasteiger partial charge in [0.25, 0.3) is 0 Å². The molecular formula is C8H9BrN4S. The molecule has 0 bridgehead atoms. The van der Waals surface area contributed by atoms with Crippen LogP contribution in [-0.2, 0) is 13.0 Å². The van der Waals surface area contributed by atoms with E-state index in [1.165, 1.54) is 0 Å². The van der Waals surface area contributed by atoms with E-state index in [9.17, 15) is 0 Å². The fourth-order valence-electron chi connectivity index (χ4n) is 1.23. The fourth-order valence-corrected chi connectivity index (χ4v) is 2.43. The highest BCUT2D eigenvalue weighted by Gasteiger charge is 2.06. The molecule has 4 nitrogen and oxygen atoms in total. The first kappa shape index (κ1) is 9.79. The Morgan fingerprint density at radius 2 is 2.36 bits per heavy atom. The summed E-state index contributed by atoms with van der Waals surface area (Å²) in [6, 6.07) is 0. The Labute approximate surface area is 94.1 Å². The van der Waals surface area contributed by atoms with Crippen LogP contribution in [0.15, 0.2) is 16.3 Å². The maximum Gasteiger partial charge on any atom is 0.183 e. The van der Waals surface area contributed by atoms with E-state index in [0.717, 1.165) is 27.7 Å². The van der Waals surface area contributed by atoms with E-state index in [2.05, 4.69) is 42.6 Å². The van der Waals surface area contributed by atoms with Gasteiger partial charge in [-0.15, -0.1) is 10.2 Å². The van der Waals surface area contributed by atoms with E-state index in [0.29, 0.717) is 0 Å². The molecule has 2 aromatic heterocycles. The van der Waals surface area contributed by atoms with Gasteiger partial charge in [-0.25, -0.2) is 4.98 Å². The molecule has 14 heavy (non-hydrogen) atoms. The van der Waals surface area contributed by atoms with Crippen molar-refractivity contribution in [1.29, 1.82) is 0 Å². The maximum absolute atomic E-state index is 4.28. The summed E-state index contributed by atoms with van der Waals surface area (Å²) in [6.45, 7) is 3.04. The zero-order chi connectivity index (χ0) is 9.97. The van der Waals surface area contributed by atoms with Crippen molar-refractivity contribution in [2.24, 2.45) is 0 Å². The highest BCUT2D eigenvalue weighted by atomic mass is 79.9. The van der Waals surface area contributed by atoms with Gasteiger partial charge in [0.1, 0.15) is 10.8 Å². The zero-order valence-electron chi connectivity index (χ0n) is 7.64. The van der Waals surface area contributed by atoms with Crippen molar-refractivity contribution >= 4 is 27.3 Å². The molecule has 0 spiro atoms. The SMILES string of the molecule is CCn1ccnc1Cc1nnc(Br)s1. The molecule has 0 aliphatic heterocycles. The molecule has 0 atom stereocenters. The number of hydrogen-bond acceptors (Lipinski definition) is 4.